The molecule has 1 aromatic rings. The van der Waals surface area contributed by atoms with E-state index in [1.807, 2.05) is 0 Å². The molecule has 2 rings (SSSR count). The fourth-order valence-corrected chi connectivity index (χ4v) is 3.28. The van der Waals surface area contributed by atoms with E-state index in [0.717, 1.165) is 25.7 Å². The molecule has 1 aliphatic rings. The fourth-order valence-electron chi connectivity index (χ4n) is 2.73. The molecule has 3 nitrogen and oxygen atoms in total. The number of halogens is 2. The summed E-state index contributed by atoms with van der Waals surface area (Å²) in [4.78, 5) is 11.5. The maximum atomic E-state index is 11.5. The normalized spacial score (nSPS) is 18.5. The highest BCUT2D eigenvalue weighted by atomic mass is 35.5. The Labute approximate surface area is 129 Å². The number of nitrogens with one attached hydrogen (secondary N) is 1. The maximum Gasteiger partial charge on any atom is 0.325 e. The van der Waals surface area contributed by atoms with E-state index >= 15 is 0 Å². The highest BCUT2D eigenvalue weighted by Crippen LogP contribution is 2.26. The number of carboxylic acid groups (broad SMARTS) is 1. The zero-order chi connectivity index (χ0) is 14.5. The van der Waals surface area contributed by atoms with Crippen molar-refractivity contribution in [3.63, 3.8) is 0 Å². The third-order valence-corrected chi connectivity index (χ3v) is 4.16. The number of carbonyl (C=O) groups is 1. The number of aliphatic carboxylic acids is 1. The Kier molecular flexibility index (Phi) is 5.70. The molecule has 0 spiro atoms. The van der Waals surface area contributed by atoms with E-state index in [9.17, 15) is 9.90 Å². The molecule has 1 aromatic carbocycles. The highest BCUT2D eigenvalue weighted by molar-refractivity contribution is 6.34. The third-order valence-electron chi connectivity index (χ3n) is 3.72. The molecule has 110 valence electrons. The van der Waals surface area contributed by atoms with Gasteiger partial charge in [0.2, 0.25) is 0 Å². The summed E-state index contributed by atoms with van der Waals surface area (Å²) in [6.45, 7) is 0. The Balaban J connectivity index is 2.15. The third kappa shape index (κ3) is 4.37. The lowest BCUT2D eigenvalue weighted by molar-refractivity contribution is -0.139. The van der Waals surface area contributed by atoms with Crippen molar-refractivity contribution in [3.8, 4) is 0 Å². The number of carboxylic acids is 1. The Morgan fingerprint density at radius 2 is 1.65 bits per heavy atom. The summed E-state index contributed by atoms with van der Waals surface area (Å²) in [7, 11) is 0. The quantitative estimate of drug-likeness (QED) is 0.808. The average Bonchev–Trinajstić information content (AvgIpc) is 2.62. The molecular formula is C15H19Cl2NO2. The summed E-state index contributed by atoms with van der Waals surface area (Å²) in [6.07, 6.45) is 6.83. The van der Waals surface area contributed by atoms with E-state index in [2.05, 4.69) is 5.32 Å². The first-order valence-corrected chi connectivity index (χ1v) is 7.76. The predicted octanol–water partition coefficient (Wildman–Crippen LogP) is 4.43. The molecule has 1 unspecified atom stereocenters. The lowest BCUT2D eigenvalue weighted by Gasteiger charge is -2.22. The van der Waals surface area contributed by atoms with Gasteiger partial charge in [0, 0.05) is 16.1 Å². The van der Waals surface area contributed by atoms with Crippen molar-refractivity contribution in [2.45, 2.75) is 50.6 Å². The van der Waals surface area contributed by atoms with E-state index in [-0.39, 0.29) is 6.04 Å². The van der Waals surface area contributed by atoms with Crippen LogP contribution in [-0.4, -0.2) is 17.1 Å². The lowest BCUT2D eigenvalue weighted by Crippen LogP contribution is -2.36. The summed E-state index contributed by atoms with van der Waals surface area (Å²) < 4.78 is 0. The second-order valence-electron chi connectivity index (χ2n) is 5.33. The predicted molar refractivity (Wildman–Crippen MR) is 81.5 cm³/mol. The minimum atomic E-state index is -0.896. The van der Waals surface area contributed by atoms with Gasteiger partial charge in [-0.3, -0.25) is 10.1 Å². The molecule has 1 saturated carbocycles. The largest absolute Gasteiger partial charge is 0.480 e. The molecule has 5 heteroatoms. The first-order chi connectivity index (χ1) is 9.56. The highest BCUT2D eigenvalue weighted by Gasteiger charge is 2.24. The van der Waals surface area contributed by atoms with Crippen molar-refractivity contribution in [2.24, 2.45) is 0 Å². The molecular weight excluding hydrogens is 297 g/mol. The first-order valence-electron chi connectivity index (χ1n) is 7.01. The van der Waals surface area contributed by atoms with Crippen molar-refractivity contribution in [2.75, 3.05) is 0 Å². The van der Waals surface area contributed by atoms with Gasteiger partial charge in [-0.05, 0) is 36.6 Å². The zero-order valence-electron chi connectivity index (χ0n) is 11.2. The standard InChI is InChI=1S/C15H19Cl2NO2/c16-11-7-10(8-12(17)9-11)14(15(19)20)18-13-5-3-1-2-4-6-13/h7-9,13-14,18H,1-6H2,(H,19,20). The summed E-state index contributed by atoms with van der Waals surface area (Å²) in [5, 5.41) is 13.6. The molecule has 0 amide bonds. The molecule has 1 atom stereocenters. The molecule has 2 N–H and O–H groups in total. The molecule has 20 heavy (non-hydrogen) atoms. The van der Waals surface area contributed by atoms with Gasteiger partial charge >= 0.3 is 5.97 Å². The van der Waals surface area contributed by atoms with Gasteiger partial charge in [-0.1, -0.05) is 48.9 Å². The van der Waals surface area contributed by atoms with Crippen molar-refractivity contribution >= 4 is 29.2 Å². The topological polar surface area (TPSA) is 49.3 Å². The van der Waals surface area contributed by atoms with Crippen LogP contribution in [0, 0.1) is 0 Å². The van der Waals surface area contributed by atoms with Crippen LogP contribution < -0.4 is 5.32 Å². The number of benzene rings is 1. The van der Waals surface area contributed by atoms with Crippen LogP contribution in [-0.2, 0) is 4.79 Å². The Morgan fingerprint density at radius 3 is 2.15 bits per heavy atom. The van der Waals surface area contributed by atoms with Crippen LogP contribution in [0.3, 0.4) is 0 Å². The van der Waals surface area contributed by atoms with Crippen molar-refractivity contribution in [1.82, 2.24) is 5.32 Å². The fraction of sp³-hybridized carbons (Fsp3) is 0.533. The second kappa shape index (κ2) is 7.30. The van der Waals surface area contributed by atoms with Gasteiger partial charge in [-0.15, -0.1) is 0 Å². The Bertz CT molecular complexity index is 451. The van der Waals surface area contributed by atoms with Crippen LogP contribution in [0.2, 0.25) is 10.0 Å². The number of rotatable bonds is 4. The van der Waals surface area contributed by atoms with Gasteiger partial charge in [0.1, 0.15) is 6.04 Å². The smallest absolute Gasteiger partial charge is 0.325 e. The van der Waals surface area contributed by atoms with Gasteiger partial charge in [0.05, 0.1) is 0 Å². The summed E-state index contributed by atoms with van der Waals surface area (Å²) in [6, 6.07) is 4.42. The second-order valence-corrected chi connectivity index (χ2v) is 6.20. The van der Waals surface area contributed by atoms with E-state index in [4.69, 9.17) is 23.2 Å². The summed E-state index contributed by atoms with van der Waals surface area (Å²) in [5.41, 5.74) is 0.610. The molecule has 1 fully saturated rings. The van der Waals surface area contributed by atoms with Crippen LogP contribution in [0.25, 0.3) is 0 Å². The average molecular weight is 316 g/mol. The molecule has 0 aliphatic heterocycles. The molecule has 0 saturated heterocycles. The molecule has 1 aliphatic carbocycles. The minimum absolute atomic E-state index is 0.247. The Morgan fingerprint density at radius 1 is 1.10 bits per heavy atom. The number of hydrogen-bond donors (Lipinski definition) is 2. The van der Waals surface area contributed by atoms with Gasteiger partial charge in [-0.25, -0.2) is 0 Å². The van der Waals surface area contributed by atoms with E-state index in [1.165, 1.54) is 12.8 Å². The molecule has 0 radical (unpaired) electrons. The Hall–Kier alpha value is -0.770. The van der Waals surface area contributed by atoms with Gasteiger partial charge in [0.15, 0.2) is 0 Å². The lowest BCUT2D eigenvalue weighted by atomic mass is 10.0. The molecule has 0 aromatic heterocycles. The van der Waals surface area contributed by atoms with Gasteiger partial charge < -0.3 is 5.11 Å². The summed E-state index contributed by atoms with van der Waals surface area (Å²) in [5.74, 6) is -0.896. The van der Waals surface area contributed by atoms with E-state index in [1.54, 1.807) is 18.2 Å². The number of hydrogen-bond acceptors (Lipinski definition) is 2. The first kappa shape index (κ1) is 15.6. The van der Waals surface area contributed by atoms with Gasteiger partial charge in [0.25, 0.3) is 0 Å². The molecule has 0 heterocycles. The van der Waals surface area contributed by atoms with Crippen molar-refractivity contribution < 1.29 is 9.90 Å². The SMILES string of the molecule is O=C(O)C(NC1CCCCCC1)c1cc(Cl)cc(Cl)c1. The van der Waals surface area contributed by atoms with Crippen LogP contribution in [0.5, 0.6) is 0 Å². The van der Waals surface area contributed by atoms with Crippen molar-refractivity contribution in [1.29, 1.82) is 0 Å². The zero-order valence-corrected chi connectivity index (χ0v) is 12.8. The van der Waals surface area contributed by atoms with Crippen LogP contribution in [0.4, 0.5) is 0 Å². The van der Waals surface area contributed by atoms with E-state index in [0.29, 0.717) is 15.6 Å². The minimum Gasteiger partial charge on any atom is -0.480 e. The van der Waals surface area contributed by atoms with Crippen molar-refractivity contribution in [3.05, 3.63) is 33.8 Å². The van der Waals surface area contributed by atoms with Crippen LogP contribution in [0.15, 0.2) is 18.2 Å². The van der Waals surface area contributed by atoms with E-state index < -0.39 is 12.0 Å². The van der Waals surface area contributed by atoms with Gasteiger partial charge in [-0.2, -0.15) is 0 Å². The summed E-state index contributed by atoms with van der Waals surface area (Å²) >= 11 is 11.9. The maximum absolute atomic E-state index is 11.5. The monoisotopic (exact) mass is 315 g/mol. The van der Waals surface area contributed by atoms with Crippen LogP contribution in [0.1, 0.15) is 50.1 Å². The van der Waals surface area contributed by atoms with Crippen LogP contribution >= 0.6 is 23.2 Å². The molecule has 0 bridgehead atoms.